The largest absolute Gasteiger partial charge is 0.486 e. The highest BCUT2D eigenvalue weighted by Crippen LogP contribution is 2.37. The molecule has 2 heterocycles. The molecular formula is C21H18N2O6. The quantitative estimate of drug-likeness (QED) is 0.563. The fraction of sp³-hybridized carbons (Fsp3) is 0.190. The lowest BCUT2D eigenvalue weighted by atomic mass is 10.0. The number of fused-ring (bicyclic) bond motifs is 1. The topological polar surface area (TPSA) is 105 Å². The Morgan fingerprint density at radius 3 is 2.45 bits per heavy atom. The van der Waals surface area contributed by atoms with Crippen molar-refractivity contribution in [1.29, 1.82) is 0 Å². The van der Waals surface area contributed by atoms with E-state index in [1.54, 1.807) is 36.4 Å². The molecule has 2 amide bonds. The number of nitrogens with one attached hydrogen (secondary N) is 1. The minimum absolute atomic E-state index is 0.0160. The first kappa shape index (κ1) is 18.7. The highest BCUT2D eigenvalue weighted by atomic mass is 16.6. The molecule has 4 rings (SSSR count). The van der Waals surface area contributed by atoms with E-state index in [1.807, 2.05) is 6.07 Å². The smallest absolute Gasteiger partial charge is 0.277 e. The van der Waals surface area contributed by atoms with Gasteiger partial charge in [0.2, 0.25) is 0 Å². The van der Waals surface area contributed by atoms with Crippen LogP contribution in [0.1, 0.15) is 15.9 Å². The normalized spacial score (nSPS) is 15.3. The number of β-amino-alcohol motifs (C(OH)–C–C–N with tert-alkyl or cyclic N) is 1. The molecule has 0 unspecified atom stereocenters. The van der Waals surface area contributed by atoms with Gasteiger partial charge in [0, 0.05) is 23.3 Å². The Morgan fingerprint density at radius 2 is 1.76 bits per heavy atom. The fourth-order valence-corrected chi connectivity index (χ4v) is 3.18. The number of ketones is 1. The zero-order valence-corrected chi connectivity index (χ0v) is 15.4. The molecule has 148 valence electrons. The van der Waals surface area contributed by atoms with Gasteiger partial charge in [0.15, 0.2) is 17.3 Å². The summed E-state index contributed by atoms with van der Waals surface area (Å²) in [6.45, 7) is 0.298. The first-order valence-electron chi connectivity index (χ1n) is 9.07. The second-order valence-corrected chi connectivity index (χ2v) is 6.44. The first-order chi connectivity index (χ1) is 14.1. The Labute approximate surface area is 166 Å². The van der Waals surface area contributed by atoms with Crippen molar-refractivity contribution in [2.75, 3.05) is 31.7 Å². The Bertz CT molecular complexity index is 1020. The number of hydrogen-bond donors (Lipinski definition) is 2. The Kier molecular flexibility index (Phi) is 5.01. The third kappa shape index (κ3) is 3.57. The lowest BCUT2D eigenvalue weighted by molar-refractivity contribution is -0.137. The summed E-state index contributed by atoms with van der Waals surface area (Å²) in [5.41, 5.74) is 1.09. The van der Waals surface area contributed by atoms with Crippen molar-refractivity contribution in [2.24, 2.45) is 0 Å². The van der Waals surface area contributed by atoms with E-state index in [9.17, 15) is 14.4 Å². The van der Waals surface area contributed by atoms with Gasteiger partial charge in [0.25, 0.3) is 11.8 Å². The van der Waals surface area contributed by atoms with Gasteiger partial charge >= 0.3 is 0 Å². The molecule has 0 atom stereocenters. The third-order valence-corrected chi connectivity index (χ3v) is 4.57. The summed E-state index contributed by atoms with van der Waals surface area (Å²) in [6.07, 6.45) is 1.14. The Balaban J connectivity index is 1.72. The lowest BCUT2D eigenvalue weighted by Crippen LogP contribution is -2.34. The molecule has 0 saturated carbocycles. The van der Waals surface area contributed by atoms with Crippen LogP contribution in [0.15, 0.2) is 54.2 Å². The number of anilines is 1. The number of imide groups is 1. The van der Waals surface area contributed by atoms with E-state index in [2.05, 4.69) is 5.32 Å². The van der Waals surface area contributed by atoms with Crippen molar-refractivity contribution in [1.82, 2.24) is 4.90 Å². The van der Waals surface area contributed by atoms with Crippen LogP contribution in [0.4, 0.5) is 5.69 Å². The zero-order chi connectivity index (χ0) is 20.4. The van der Waals surface area contributed by atoms with Crippen molar-refractivity contribution in [3.63, 3.8) is 0 Å². The molecule has 2 aromatic rings. The second-order valence-electron chi connectivity index (χ2n) is 6.44. The van der Waals surface area contributed by atoms with Crippen molar-refractivity contribution in [3.8, 4) is 11.5 Å². The summed E-state index contributed by atoms with van der Waals surface area (Å²) in [4.78, 5) is 38.5. The van der Waals surface area contributed by atoms with Crippen LogP contribution in [0.25, 0.3) is 0 Å². The van der Waals surface area contributed by atoms with Gasteiger partial charge in [-0.2, -0.15) is 0 Å². The van der Waals surface area contributed by atoms with Crippen molar-refractivity contribution >= 4 is 23.3 Å². The third-order valence-electron chi connectivity index (χ3n) is 4.57. The van der Waals surface area contributed by atoms with Crippen LogP contribution in [-0.2, 0) is 9.59 Å². The van der Waals surface area contributed by atoms with Gasteiger partial charge in [-0.15, -0.1) is 0 Å². The van der Waals surface area contributed by atoms with Crippen LogP contribution in [0.3, 0.4) is 0 Å². The molecule has 0 bridgehead atoms. The minimum Gasteiger partial charge on any atom is -0.486 e. The van der Waals surface area contributed by atoms with Gasteiger partial charge in [-0.1, -0.05) is 30.3 Å². The molecule has 0 fully saturated rings. The molecule has 0 spiro atoms. The number of carbonyl (C=O) groups excluding carboxylic acids is 3. The van der Waals surface area contributed by atoms with Gasteiger partial charge in [0.05, 0.1) is 18.8 Å². The summed E-state index contributed by atoms with van der Waals surface area (Å²) >= 11 is 0. The van der Waals surface area contributed by atoms with Crippen LogP contribution in [0, 0.1) is 0 Å². The molecular weight excluding hydrogens is 376 g/mol. The van der Waals surface area contributed by atoms with Crippen LogP contribution in [0.5, 0.6) is 11.5 Å². The van der Waals surface area contributed by atoms with E-state index in [-0.39, 0.29) is 30.2 Å². The van der Waals surface area contributed by atoms with Crippen molar-refractivity contribution in [2.45, 2.75) is 0 Å². The number of benzene rings is 2. The summed E-state index contributed by atoms with van der Waals surface area (Å²) in [5.74, 6) is -0.495. The molecule has 2 aromatic carbocycles. The number of ether oxygens (including phenoxy) is 2. The van der Waals surface area contributed by atoms with Gasteiger partial charge in [-0.05, 0) is 6.07 Å². The van der Waals surface area contributed by atoms with E-state index in [0.717, 1.165) is 11.0 Å². The molecule has 29 heavy (non-hydrogen) atoms. The zero-order valence-electron chi connectivity index (χ0n) is 15.4. The van der Waals surface area contributed by atoms with Crippen LogP contribution < -0.4 is 14.8 Å². The maximum Gasteiger partial charge on any atom is 0.277 e. The van der Waals surface area contributed by atoms with Crippen LogP contribution in [-0.4, -0.2) is 54.0 Å². The Morgan fingerprint density at radius 1 is 1.07 bits per heavy atom. The van der Waals surface area contributed by atoms with Crippen LogP contribution in [0.2, 0.25) is 0 Å². The summed E-state index contributed by atoms with van der Waals surface area (Å²) in [7, 11) is 0. The number of hydrogen-bond acceptors (Lipinski definition) is 7. The van der Waals surface area contributed by atoms with Gasteiger partial charge in [-0.3, -0.25) is 19.3 Å². The van der Waals surface area contributed by atoms with E-state index in [1.165, 1.54) is 0 Å². The highest BCUT2D eigenvalue weighted by molar-refractivity contribution is 6.19. The number of rotatable bonds is 6. The van der Waals surface area contributed by atoms with Gasteiger partial charge in [0.1, 0.15) is 18.9 Å². The van der Waals surface area contributed by atoms with Crippen molar-refractivity contribution in [3.05, 3.63) is 65.4 Å². The maximum atomic E-state index is 13.1. The lowest BCUT2D eigenvalue weighted by Gasteiger charge is -2.21. The fourth-order valence-electron chi connectivity index (χ4n) is 3.18. The summed E-state index contributed by atoms with van der Waals surface area (Å²) in [6, 6.07) is 11.9. The molecule has 8 heteroatoms. The SMILES string of the molecule is O=C(c1ccccc1)c1cc2c(cc1NC1=CC(=O)N(CCO)C1=O)OCCO2. The maximum absolute atomic E-state index is 13.1. The predicted molar refractivity (Wildman–Crippen MR) is 103 cm³/mol. The molecule has 0 aliphatic carbocycles. The van der Waals surface area contributed by atoms with Gasteiger partial charge in [-0.25, -0.2) is 0 Å². The second kappa shape index (κ2) is 7.76. The van der Waals surface area contributed by atoms with E-state index < -0.39 is 11.8 Å². The average molecular weight is 394 g/mol. The molecule has 0 radical (unpaired) electrons. The summed E-state index contributed by atoms with van der Waals surface area (Å²) < 4.78 is 11.2. The molecule has 0 saturated heterocycles. The molecule has 0 aromatic heterocycles. The molecule has 8 nitrogen and oxygen atoms in total. The number of aliphatic hydroxyl groups is 1. The van der Waals surface area contributed by atoms with Gasteiger partial charge < -0.3 is 19.9 Å². The predicted octanol–water partition coefficient (Wildman–Crippen LogP) is 1.35. The number of amides is 2. The number of aliphatic hydroxyl groups excluding tert-OH is 1. The molecule has 2 aliphatic heterocycles. The van der Waals surface area contributed by atoms with Crippen molar-refractivity contribution < 1.29 is 29.0 Å². The molecule has 2 N–H and O–H groups in total. The van der Waals surface area contributed by atoms with E-state index in [0.29, 0.717) is 36.0 Å². The molecule has 2 aliphatic rings. The van der Waals surface area contributed by atoms with E-state index in [4.69, 9.17) is 14.6 Å². The average Bonchev–Trinajstić information content (AvgIpc) is 3.01. The monoisotopic (exact) mass is 394 g/mol. The minimum atomic E-state index is -0.572. The number of carbonyl (C=O) groups is 3. The summed E-state index contributed by atoms with van der Waals surface area (Å²) in [5, 5.41) is 11.9. The standard InChI is InChI=1S/C21H18N2O6/c24-7-6-23-19(25)12-16(21(23)27)22-15-11-18-17(28-8-9-29-18)10-14(15)20(26)13-4-2-1-3-5-13/h1-5,10-12,22,24H,6-9H2. The number of nitrogens with zero attached hydrogens (tertiary/aromatic N) is 1. The highest BCUT2D eigenvalue weighted by Gasteiger charge is 2.32. The van der Waals surface area contributed by atoms with Crippen LogP contribution >= 0.6 is 0 Å². The van der Waals surface area contributed by atoms with E-state index >= 15 is 0 Å². The first-order valence-corrected chi connectivity index (χ1v) is 9.07. The Hall–Kier alpha value is -3.65.